The second-order valence-corrected chi connectivity index (χ2v) is 5.31. The summed E-state index contributed by atoms with van der Waals surface area (Å²) < 4.78 is 21.9. The molecule has 0 aliphatic carbocycles. The molecule has 0 aromatic rings. The molecule has 10 heavy (non-hydrogen) atoms. The van der Waals surface area contributed by atoms with Crippen LogP contribution in [-0.4, -0.2) is 25.8 Å². The Kier molecular flexibility index (Phi) is 2.58. The van der Waals surface area contributed by atoms with E-state index in [2.05, 4.69) is 0 Å². The van der Waals surface area contributed by atoms with Crippen molar-refractivity contribution in [2.45, 2.75) is 12.8 Å². The number of alkyl halides is 1. The minimum absolute atomic E-state index is 0.209. The van der Waals surface area contributed by atoms with Crippen LogP contribution in [0.1, 0.15) is 12.8 Å². The van der Waals surface area contributed by atoms with Crippen LogP contribution in [0.5, 0.6) is 0 Å². The molecule has 4 heteroatoms. The van der Waals surface area contributed by atoms with E-state index >= 15 is 0 Å². The van der Waals surface area contributed by atoms with Crippen molar-refractivity contribution < 1.29 is 8.42 Å². The molecule has 0 aromatic carbocycles. The molecule has 0 saturated carbocycles. The van der Waals surface area contributed by atoms with Crippen molar-refractivity contribution in [3.8, 4) is 0 Å². The van der Waals surface area contributed by atoms with Crippen molar-refractivity contribution in [3.63, 3.8) is 0 Å². The highest BCUT2D eigenvalue weighted by Gasteiger charge is 2.23. The average molecular weight is 183 g/mol. The summed E-state index contributed by atoms with van der Waals surface area (Å²) in [5.74, 6) is 1.36. The third kappa shape index (κ3) is 2.13. The van der Waals surface area contributed by atoms with Gasteiger partial charge in [0.15, 0.2) is 9.84 Å². The zero-order valence-electron chi connectivity index (χ0n) is 5.72. The van der Waals surface area contributed by atoms with E-state index in [-0.39, 0.29) is 5.92 Å². The fourth-order valence-corrected chi connectivity index (χ4v) is 3.41. The Bertz CT molecular complexity index is 198. The van der Waals surface area contributed by atoms with Gasteiger partial charge < -0.3 is 0 Å². The van der Waals surface area contributed by atoms with Crippen molar-refractivity contribution in [1.29, 1.82) is 0 Å². The van der Waals surface area contributed by atoms with Crippen LogP contribution < -0.4 is 0 Å². The molecule has 1 aliphatic rings. The molecule has 2 nitrogen and oxygen atoms in total. The third-order valence-corrected chi connectivity index (χ3v) is 4.10. The molecule has 1 aliphatic heterocycles. The summed E-state index contributed by atoms with van der Waals surface area (Å²) in [6.07, 6.45) is 1.77. The first-order valence-electron chi connectivity index (χ1n) is 3.40. The molecule has 60 valence electrons. The SMILES string of the molecule is O=S1(=O)CCC[C@@H](CCl)C1. The Morgan fingerprint density at radius 3 is 2.60 bits per heavy atom. The second-order valence-electron chi connectivity index (χ2n) is 2.78. The molecule has 0 bridgehead atoms. The largest absolute Gasteiger partial charge is 0.229 e. The minimum Gasteiger partial charge on any atom is -0.229 e. The standard InChI is InChI=1S/C6H11ClO2S/c7-4-6-2-1-3-10(8,9)5-6/h6H,1-5H2/t6-/m0/s1. The van der Waals surface area contributed by atoms with E-state index < -0.39 is 9.84 Å². The summed E-state index contributed by atoms with van der Waals surface area (Å²) in [4.78, 5) is 0. The highest BCUT2D eigenvalue weighted by atomic mass is 35.5. The van der Waals surface area contributed by atoms with E-state index in [9.17, 15) is 8.42 Å². The summed E-state index contributed by atoms with van der Waals surface area (Å²) >= 11 is 5.54. The summed E-state index contributed by atoms with van der Waals surface area (Å²) in [5.41, 5.74) is 0. The molecule has 1 fully saturated rings. The fraction of sp³-hybridized carbons (Fsp3) is 1.00. The molecule has 0 amide bonds. The topological polar surface area (TPSA) is 34.1 Å². The van der Waals surface area contributed by atoms with Crippen LogP contribution in [0.4, 0.5) is 0 Å². The zero-order chi connectivity index (χ0) is 7.61. The van der Waals surface area contributed by atoms with Gasteiger partial charge in [0.1, 0.15) is 0 Å². The van der Waals surface area contributed by atoms with Gasteiger partial charge in [0, 0.05) is 5.88 Å². The van der Waals surface area contributed by atoms with Gasteiger partial charge in [-0.1, -0.05) is 0 Å². The maximum Gasteiger partial charge on any atom is 0.150 e. The fourth-order valence-electron chi connectivity index (χ4n) is 1.24. The first-order chi connectivity index (χ1) is 4.64. The van der Waals surface area contributed by atoms with Gasteiger partial charge in [-0.2, -0.15) is 0 Å². The van der Waals surface area contributed by atoms with Gasteiger partial charge in [-0.05, 0) is 18.8 Å². The summed E-state index contributed by atoms with van der Waals surface area (Å²) in [5, 5.41) is 0. The second kappa shape index (κ2) is 3.09. The third-order valence-electron chi connectivity index (χ3n) is 1.78. The molecular formula is C6H11ClO2S. The van der Waals surface area contributed by atoms with Gasteiger partial charge >= 0.3 is 0 Å². The molecule has 0 N–H and O–H groups in total. The Labute approximate surface area is 66.5 Å². The molecule has 0 radical (unpaired) electrons. The number of hydrogen-bond acceptors (Lipinski definition) is 2. The lowest BCUT2D eigenvalue weighted by Crippen LogP contribution is -2.25. The minimum atomic E-state index is -2.73. The van der Waals surface area contributed by atoms with Crippen LogP contribution in [0.15, 0.2) is 0 Å². The van der Waals surface area contributed by atoms with Gasteiger partial charge in [0.2, 0.25) is 0 Å². The molecule has 1 saturated heterocycles. The Morgan fingerprint density at radius 1 is 1.50 bits per heavy atom. The van der Waals surface area contributed by atoms with Gasteiger partial charge in [-0.15, -0.1) is 11.6 Å². The van der Waals surface area contributed by atoms with Crippen molar-refractivity contribution in [1.82, 2.24) is 0 Å². The Hall–Kier alpha value is 0.240. The molecule has 0 aromatic heterocycles. The molecule has 1 rings (SSSR count). The van der Waals surface area contributed by atoms with Crippen molar-refractivity contribution >= 4 is 21.4 Å². The Balaban J connectivity index is 2.56. The molecule has 0 spiro atoms. The number of sulfone groups is 1. The highest BCUT2D eigenvalue weighted by Crippen LogP contribution is 2.18. The number of halogens is 1. The number of rotatable bonds is 1. The van der Waals surface area contributed by atoms with Gasteiger partial charge in [-0.25, -0.2) is 8.42 Å². The summed E-state index contributed by atoms with van der Waals surface area (Å²) in [6.45, 7) is 0. The van der Waals surface area contributed by atoms with Gasteiger partial charge in [0.05, 0.1) is 11.5 Å². The van der Waals surface area contributed by atoms with Crippen LogP contribution in [0, 0.1) is 5.92 Å². The average Bonchev–Trinajstić information content (AvgIpc) is 1.86. The lowest BCUT2D eigenvalue weighted by Gasteiger charge is -2.18. The van der Waals surface area contributed by atoms with Gasteiger partial charge in [0.25, 0.3) is 0 Å². The van der Waals surface area contributed by atoms with Gasteiger partial charge in [-0.3, -0.25) is 0 Å². The van der Waals surface area contributed by atoms with Crippen LogP contribution in [0.25, 0.3) is 0 Å². The molecule has 0 unspecified atom stereocenters. The van der Waals surface area contributed by atoms with Crippen molar-refractivity contribution in [2.24, 2.45) is 5.92 Å². The van der Waals surface area contributed by atoms with Crippen molar-refractivity contribution in [2.75, 3.05) is 17.4 Å². The summed E-state index contributed by atoms with van der Waals surface area (Å²) in [7, 11) is -2.73. The molecule has 1 heterocycles. The van der Waals surface area contributed by atoms with E-state index in [1.807, 2.05) is 0 Å². The maximum atomic E-state index is 11.0. The van der Waals surface area contributed by atoms with E-state index in [1.165, 1.54) is 0 Å². The van der Waals surface area contributed by atoms with Crippen molar-refractivity contribution in [3.05, 3.63) is 0 Å². The van der Waals surface area contributed by atoms with Crippen LogP contribution in [0.2, 0.25) is 0 Å². The molecule has 1 atom stereocenters. The monoisotopic (exact) mass is 182 g/mol. The maximum absolute atomic E-state index is 11.0. The predicted octanol–water partition coefficient (Wildman–Crippen LogP) is 1.05. The zero-order valence-corrected chi connectivity index (χ0v) is 7.29. The smallest absolute Gasteiger partial charge is 0.150 e. The quantitative estimate of drug-likeness (QED) is 0.569. The van der Waals surface area contributed by atoms with E-state index in [4.69, 9.17) is 11.6 Å². The highest BCUT2D eigenvalue weighted by molar-refractivity contribution is 7.91. The lowest BCUT2D eigenvalue weighted by atomic mass is 10.1. The van der Waals surface area contributed by atoms with E-state index in [1.54, 1.807) is 0 Å². The lowest BCUT2D eigenvalue weighted by molar-refractivity contribution is 0.519. The number of hydrogen-bond donors (Lipinski definition) is 0. The normalized spacial score (nSPS) is 31.9. The first kappa shape index (κ1) is 8.34. The van der Waals surface area contributed by atoms with Crippen LogP contribution >= 0.6 is 11.6 Å². The van der Waals surface area contributed by atoms with Crippen LogP contribution in [-0.2, 0) is 9.84 Å². The predicted molar refractivity (Wildman–Crippen MR) is 42.1 cm³/mol. The summed E-state index contributed by atoms with van der Waals surface area (Å²) in [6, 6.07) is 0. The first-order valence-corrected chi connectivity index (χ1v) is 5.76. The Morgan fingerprint density at radius 2 is 2.20 bits per heavy atom. The van der Waals surface area contributed by atoms with E-state index in [0.717, 1.165) is 12.8 Å². The molecular weight excluding hydrogens is 172 g/mol. The van der Waals surface area contributed by atoms with Crippen LogP contribution in [0.3, 0.4) is 0 Å². The van der Waals surface area contributed by atoms with E-state index in [0.29, 0.717) is 17.4 Å².